The van der Waals surface area contributed by atoms with E-state index in [1.807, 2.05) is 0 Å². The summed E-state index contributed by atoms with van der Waals surface area (Å²) >= 11 is 6.40. The van der Waals surface area contributed by atoms with Gasteiger partial charge in [-0.25, -0.2) is 27.9 Å². The van der Waals surface area contributed by atoms with Crippen molar-refractivity contribution in [2.24, 2.45) is 5.14 Å². The Hall–Kier alpha value is -3.69. The number of hydrogen-bond donors (Lipinski definition) is 1. The number of fused-ring (bicyclic) bond motifs is 1. The van der Waals surface area contributed by atoms with Crippen molar-refractivity contribution in [3.05, 3.63) is 41.6 Å². The van der Waals surface area contributed by atoms with Crippen molar-refractivity contribution in [2.75, 3.05) is 14.2 Å². The van der Waals surface area contributed by atoms with E-state index in [2.05, 4.69) is 24.7 Å². The van der Waals surface area contributed by atoms with Crippen LogP contribution < -0.4 is 19.3 Å². The summed E-state index contributed by atoms with van der Waals surface area (Å²) in [7, 11) is -2.02. The molecule has 0 aliphatic heterocycles. The summed E-state index contributed by atoms with van der Waals surface area (Å²) in [5.74, 6) is -2.52. The number of alkyl halides is 2. The number of hydrogen-bond acceptors (Lipinski definition) is 9. The number of ether oxygens (including phenoxy) is 3. The zero-order chi connectivity index (χ0) is 25.5. The lowest BCUT2D eigenvalue weighted by molar-refractivity contribution is -0.0534. The third-order valence-corrected chi connectivity index (χ3v) is 5.88. The van der Waals surface area contributed by atoms with Crippen molar-refractivity contribution in [1.82, 2.24) is 24.5 Å². The summed E-state index contributed by atoms with van der Waals surface area (Å²) in [5, 5.41) is 5.55. The molecule has 1 aromatic carbocycles. The average Bonchev–Trinajstić information content (AvgIpc) is 3.20. The van der Waals surface area contributed by atoms with Crippen LogP contribution in [0.2, 0.25) is 5.02 Å². The molecule has 2 N–H and O–H groups in total. The van der Waals surface area contributed by atoms with Gasteiger partial charge < -0.3 is 14.2 Å². The standard InChI is InChI=1S/C19H14ClF3N6O5S/c1-32-16-14(34-18(22)23)17(33-2)28-19(27-16)29-7-11(35(24,30)31)9-3-4-10(20)12(13(9)29)15-25-5-8(21)6-26-15/h3-7,18H,1-2H3,(H2,24,30,31). The number of nitrogens with two attached hydrogens (primary N) is 1. The first-order valence-electron chi connectivity index (χ1n) is 9.34. The van der Waals surface area contributed by atoms with Crippen LogP contribution in [-0.2, 0) is 10.0 Å². The van der Waals surface area contributed by atoms with Crippen molar-refractivity contribution < 1.29 is 35.8 Å². The second-order valence-electron chi connectivity index (χ2n) is 6.70. The van der Waals surface area contributed by atoms with Gasteiger partial charge in [0.25, 0.3) is 11.8 Å². The lowest BCUT2D eigenvalue weighted by Gasteiger charge is -2.15. The Morgan fingerprint density at radius 2 is 1.69 bits per heavy atom. The Kier molecular flexibility index (Phi) is 6.40. The fourth-order valence-corrected chi connectivity index (χ4v) is 4.24. The first-order chi connectivity index (χ1) is 16.5. The van der Waals surface area contributed by atoms with Gasteiger partial charge in [0.05, 0.1) is 42.7 Å². The maximum absolute atomic E-state index is 13.4. The predicted molar refractivity (Wildman–Crippen MR) is 116 cm³/mol. The quantitative estimate of drug-likeness (QED) is 0.381. The smallest absolute Gasteiger partial charge is 0.387 e. The minimum absolute atomic E-state index is 0.0566. The molecule has 0 atom stereocenters. The van der Waals surface area contributed by atoms with E-state index in [4.69, 9.17) is 26.2 Å². The second-order valence-corrected chi connectivity index (χ2v) is 8.64. The van der Waals surface area contributed by atoms with Gasteiger partial charge in [-0.2, -0.15) is 18.7 Å². The van der Waals surface area contributed by atoms with Gasteiger partial charge in [-0.05, 0) is 12.1 Å². The molecule has 184 valence electrons. The Balaban J connectivity index is 2.12. The molecule has 0 fully saturated rings. The maximum atomic E-state index is 13.4. The minimum atomic E-state index is -4.30. The molecule has 35 heavy (non-hydrogen) atoms. The van der Waals surface area contributed by atoms with Crippen LogP contribution in [0.15, 0.2) is 35.6 Å². The minimum Gasteiger partial charge on any atom is -0.478 e. The van der Waals surface area contributed by atoms with E-state index in [1.54, 1.807) is 0 Å². The number of rotatable bonds is 7. The van der Waals surface area contributed by atoms with Gasteiger partial charge in [0.15, 0.2) is 11.6 Å². The Morgan fingerprint density at radius 1 is 1.09 bits per heavy atom. The molecule has 0 radical (unpaired) electrons. The largest absolute Gasteiger partial charge is 0.478 e. The van der Waals surface area contributed by atoms with Gasteiger partial charge in [-0.1, -0.05) is 11.6 Å². The molecule has 4 rings (SSSR count). The number of primary sulfonamides is 1. The number of nitrogens with zero attached hydrogens (tertiary/aromatic N) is 5. The Labute approximate surface area is 200 Å². The maximum Gasteiger partial charge on any atom is 0.387 e. The summed E-state index contributed by atoms with van der Waals surface area (Å²) in [6.45, 7) is -3.24. The van der Waals surface area contributed by atoms with Gasteiger partial charge in [-0.3, -0.25) is 4.57 Å². The molecule has 0 amide bonds. The first-order valence-corrected chi connectivity index (χ1v) is 11.3. The molecule has 11 nitrogen and oxygen atoms in total. The fraction of sp³-hybridized carbons (Fsp3) is 0.158. The summed E-state index contributed by atoms with van der Waals surface area (Å²) in [5.41, 5.74) is 0.160. The van der Waals surface area contributed by atoms with Crippen molar-refractivity contribution in [2.45, 2.75) is 11.5 Å². The molecule has 0 saturated heterocycles. The van der Waals surface area contributed by atoms with Crippen molar-refractivity contribution in [1.29, 1.82) is 0 Å². The molecule has 0 aliphatic carbocycles. The molecule has 16 heteroatoms. The van der Waals surface area contributed by atoms with Crippen LogP contribution in [0.4, 0.5) is 13.2 Å². The molecule has 0 spiro atoms. The zero-order valence-electron chi connectivity index (χ0n) is 17.7. The van der Waals surface area contributed by atoms with Crippen molar-refractivity contribution in [3.63, 3.8) is 0 Å². The van der Waals surface area contributed by atoms with Crippen LogP contribution in [0.25, 0.3) is 28.2 Å². The molecule has 3 heterocycles. The second kappa shape index (κ2) is 9.16. The zero-order valence-corrected chi connectivity index (χ0v) is 19.3. The number of aromatic nitrogens is 5. The van der Waals surface area contributed by atoms with Crippen molar-refractivity contribution >= 4 is 32.5 Å². The van der Waals surface area contributed by atoms with Crippen LogP contribution in [0, 0.1) is 5.82 Å². The SMILES string of the molecule is COc1nc(-n2cc(S(N)(=O)=O)c3ccc(Cl)c(-c4ncc(F)cn4)c32)nc(OC)c1OC(F)F. The summed E-state index contributed by atoms with van der Waals surface area (Å²) in [4.78, 5) is 15.6. The van der Waals surface area contributed by atoms with Crippen LogP contribution in [-0.4, -0.2) is 53.8 Å². The fourth-order valence-electron chi connectivity index (χ4n) is 3.28. The first kappa shape index (κ1) is 24.4. The molecular weight excluding hydrogens is 517 g/mol. The van der Waals surface area contributed by atoms with E-state index in [1.165, 1.54) is 12.1 Å². The van der Waals surface area contributed by atoms with Crippen molar-refractivity contribution in [3.8, 4) is 34.8 Å². The third kappa shape index (κ3) is 4.52. The van der Waals surface area contributed by atoms with Crippen LogP contribution in [0.1, 0.15) is 0 Å². The van der Waals surface area contributed by atoms with Gasteiger partial charge in [0.1, 0.15) is 4.90 Å². The Morgan fingerprint density at radius 3 is 2.20 bits per heavy atom. The number of methoxy groups -OCH3 is 2. The van der Waals surface area contributed by atoms with Gasteiger partial charge in [0, 0.05) is 11.6 Å². The highest BCUT2D eigenvalue weighted by Gasteiger charge is 2.27. The lowest BCUT2D eigenvalue weighted by atomic mass is 10.1. The monoisotopic (exact) mass is 530 g/mol. The molecule has 4 aromatic rings. The highest BCUT2D eigenvalue weighted by molar-refractivity contribution is 7.89. The highest BCUT2D eigenvalue weighted by Crippen LogP contribution is 2.40. The normalized spacial score (nSPS) is 11.8. The van der Waals surface area contributed by atoms with E-state index < -0.39 is 40.0 Å². The highest BCUT2D eigenvalue weighted by atomic mass is 35.5. The molecule has 0 aliphatic rings. The van der Waals surface area contributed by atoms with Gasteiger partial charge >= 0.3 is 6.61 Å². The molecule has 0 saturated carbocycles. The predicted octanol–water partition coefficient (Wildman–Crippen LogP) is 2.94. The van der Waals surface area contributed by atoms with E-state index in [0.717, 1.165) is 37.4 Å². The van der Waals surface area contributed by atoms with Crippen LogP contribution in [0.5, 0.6) is 17.5 Å². The molecule has 0 bridgehead atoms. The van der Waals surface area contributed by atoms with E-state index in [-0.39, 0.29) is 38.2 Å². The third-order valence-electron chi connectivity index (χ3n) is 4.63. The Bertz CT molecular complexity index is 1510. The topological polar surface area (TPSA) is 144 Å². The number of halogens is 4. The van der Waals surface area contributed by atoms with Gasteiger partial charge in [0.2, 0.25) is 21.7 Å². The summed E-state index contributed by atoms with van der Waals surface area (Å²) in [6, 6.07) is 2.76. The van der Waals surface area contributed by atoms with Crippen LogP contribution in [0.3, 0.4) is 0 Å². The molecule has 3 aromatic heterocycles. The van der Waals surface area contributed by atoms with E-state index in [9.17, 15) is 21.6 Å². The molecule has 0 unspecified atom stereocenters. The molecular formula is C19H14ClF3N6O5S. The summed E-state index contributed by atoms with van der Waals surface area (Å²) < 4.78 is 79.6. The lowest BCUT2D eigenvalue weighted by Crippen LogP contribution is -2.12. The van der Waals surface area contributed by atoms with Crippen LogP contribution >= 0.6 is 11.6 Å². The number of sulfonamides is 1. The average molecular weight is 531 g/mol. The number of benzene rings is 1. The van der Waals surface area contributed by atoms with Gasteiger partial charge in [-0.15, -0.1) is 0 Å². The summed E-state index contributed by atoms with van der Waals surface area (Å²) in [6.07, 6.45) is 2.87. The van der Waals surface area contributed by atoms with E-state index in [0.29, 0.717) is 0 Å². The van der Waals surface area contributed by atoms with E-state index >= 15 is 0 Å².